The van der Waals surface area contributed by atoms with E-state index in [0.717, 1.165) is 42.9 Å². The van der Waals surface area contributed by atoms with Crippen molar-refractivity contribution < 1.29 is 9.53 Å². The SMILES string of the molecule is COc1ccccc1N1CCC(NC(=O)NCCc2c[nH]c3ccccc23)C1. The second-order valence-electron chi connectivity index (χ2n) is 7.11. The van der Waals surface area contributed by atoms with Crippen LogP contribution in [-0.4, -0.2) is 43.8 Å². The van der Waals surface area contributed by atoms with Crippen molar-refractivity contribution in [3.05, 3.63) is 60.3 Å². The lowest BCUT2D eigenvalue weighted by Gasteiger charge is -2.21. The molecule has 6 heteroatoms. The molecular weight excluding hydrogens is 352 g/mol. The van der Waals surface area contributed by atoms with Crippen LogP contribution in [0.1, 0.15) is 12.0 Å². The van der Waals surface area contributed by atoms with E-state index in [1.807, 2.05) is 36.5 Å². The van der Waals surface area contributed by atoms with Gasteiger partial charge in [-0.25, -0.2) is 4.79 Å². The van der Waals surface area contributed by atoms with E-state index in [1.165, 1.54) is 10.9 Å². The molecule has 2 heterocycles. The number of nitrogens with one attached hydrogen (secondary N) is 3. The van der Waals surface area contributed by atoms with Crippen molar-refractivity contribution in [1.82, 2.24) is 15.6 Å². The molecule has 0 radical (unpaired) electrons. The third kappa shape index (κ3) is 3.91. The van der Waals surface area contributed by atoms with Crippen molar-refractivity contribution in [1.29, 1.82) is 0 Å². The molecule has 2 amide bonds. The Bertz CT molecular complexity index is 952. The van der Waals surface area contributed by atoms with E-state index < -0.39 is 0 Å². The molecule has 6 nitrogen and oxygen atoms in total. The number of benzene rings is 2. The topological polar surface area (TPSA) is 69.4 Å². The Morgan fingerprint density at radius 1 is 1.21 bits per heavy atom. The van der Waals surface area contributed by atoms with Crippen LogP contribution in [0, 0.1) is 0 Å². The van der Waals surface area contributed by atoms with Crippen molar-refractivity contribution >= 4 is 22.6 Å². The number of H-pyrrole nitrogens is 1. The summed E-state index contributed by atoms with van der Waals surface area (Å²) < 4.78 is 5.45. The third-order valence-corrected chi connectivity index (χ3v) is 5.30. The average Bonchev–Trinajstić information content (AvgIpc) is 3.35. The smallest absolute Gasteiger partial charge is 0.315 e. The summed E-state index contributed by atoms with van der Waals surface area (Å²) in [7, 11) is 1.69. The van der Waals surface area contributed by atoms with Crippen LogP contribution < -0.4 is 20.3 Å². The van der Waals surface area contributed by atoms with Gasteiger partial charge in [0.05, 0.1) is 12.8 Å². The number of nitrogens with zero attached hydrogens (tertiary/aromatic N) is 1. The summed E-state index contributed by atoms with van der Waals surface area (Å²) in [5.41, 5.74) is 3.43. The van der Waals surface area contributed by atoms with E-state index >= 15 is 0 Å². The number of aromatic nitrogens is 1. The minimum Gasteiger partial charge on any atom is -0.495 e. The van der Waals surface area contributed by atoms with Crippen molar-refractivity contribution in [3.63, 3.8) is 0 Å². The minimum absolute atomic E-state index is 0.105. The molecule has 0 saturated carbocycles. The molecule has 1 aliphatic rings. The summed E-state index contributed by atoms with van der Waals surface area (Å²) in [5.74, 6) is 0.867. The summed E-state index contributed by atoms with van der Waals surface area (Å²) in [4.78, 5) is 17.8. The van der Waals surface area contributed by atoms with E-state index in [1.54, 1.807) is 7.11 Å². The number of aromatic amines is 1. The van der Waals surface area contributed by atoms with E-state index in [2.05, 4.69) is 38.7 Å². The van der Waals surface area contributed by atoms with Gasteiger partial charge in [0.15, 0.2) is 0 Å². The van der Waals surface area contributed by atoms with Crippen LogP contribution in [0.4, 0.5) is 10.5 Å². The fourth-order valence-corrected chi connectivity index (χ4v) is 3.87. The van der Waals surface area contributed by atoms with Gasteiger partial charge in [-0.05, 0) is 36.6 Å². The maximum absolute atomic E-state index is 12.3. The van der Waals surface area contributed by atoms with Gasteiger partial charge in [-0.1, -0.05) is 30.3 Å². The summed E-state index contributed by atoms with van der Waals surface area (Å²) in [6.45, 7) is 2.30. The lowest BCUT2D eigenvalue weighted by Crippen LogP contribution is -2.43. The normalized spacial score (nSPS) is 16.3. The van der Waals surface area contributed by atoms with E-state index in [0.29, 0.717) is 6.54 Å². The van der Waals surface area contributed by atoms with Gasteiger partial charge in [0.2, 0.25) is 0 Å². The van der Waals surface area contributed by atoms with Crippen LogP contribution in [0.3, 0.4) is 0 Å². The summed E-state index contributed by atoms with van der Waals surface area (Å²) in [6, 6.07) is 16.3. The predicted octanol–water partition coefficient (Wildman–Crippen LogP) is 3.30. The molecule has 2 aromatic carbocycles. The number of carbonyl (C=O) groups excluding carboxylic acids is 1. The van der Waals surface area contributed by atoms with Crippen molar-refractivity contribution in [2.75, 3.05) is 31.6 Å². The summed E-state index contributed by atoms with van der Waals surface area (Å²) >= 11 is 0. The quantitative estimate of drug-likeness (QED) is 0.616. The zero-order valence-electron chi connectivity index (χ0n) is 16.1. The van der Waals surface area contributed by atoms with Crippen LogP contribution in [0.15, 0.2) is 54.7 Å². The number of anilines is 1. The first-order valence-electron chi connectivity index (χ1n) is 9.72. The Morgan fingerprint density at radius 3 is 2.93 bits per heavy atom. The molecule has 1 atom stereocenters. The first-order chi connectivity index (χ1) is 13.7. The number of fused-ring (bicyclic) bond motifs is 1. The van der Waals surface area contributed by atoms with E-state index in [-0.39, 0.29) is 12.1 Å². The van der Waals surface area contributed by atoms with Gasteiger partial charge in [0, 0.05) is 42.8 Å². The number of hydrogen-bond acceptors (Lipinski definition) is 3. The molecule has 0 bridgehead atoms. The molecule has 1 unspecified atom stereocenters. The highest BCUT2D eigenvalue weighted by Gasteiger charge is 2.25. The van der Waals surface area contributed by atoms with Gasteiger partial charge in [-0.3, -0.25) is 0 Å². The Balaban J connectivity index is 1.25. The number of hydrogen-bond donors (Lipinski definition) is 3. The Labute approximate surface area is 164 Å². The average molecular weight is 378 g/mol. The molecule has 28 heavy (non-hydrogen) atoms. The summed E-state index contributed by atoms with van der Waals surface area (Å²) in [6.07, 6.45) is 3.75. The highest BCUT2D eigenvalue weighted by molar-refractivity contribution is 5.83. The first kappa shape index (κ1) is 18.2. The number of methoxy groups -OCH3 is 1. The zero-order valence-corrected chi connectivity index (χ0v) is 16.1. The molecule has 1 aromatic heterocycles. The van der Waals surface area contributed by atoms with Gasteiger partial charge in [-0.15, -0.1) is 0 Å². The molecule has 0 aliphatic carbocycles. The van der Waals surface area contributed by atoms with Gasteiger partial charge >= 0.3 is 6.03 Å². The van der Waals surface area contributed by atoms with Crippen molar-refractivity contribution in [2.45, 2.75) is 18.9 Å². The van der Waals surface area contributed by atoms with Crippen LogP contribution >= 0.6 is 0 Å². The largest absolute Gasteiger partial charge is 0.495 e. The van der Waals surface area contributed by atoms with Crippen LogP contribution in [0.2, 0.25) is 0 Å². The number of amides is 2. The fourth-order valence-electron chi connectivity index (χ4n) is 3.87. The third-order valence-electron chi connectivity index (χ3n) is 5.30. The van der Waals surface area contributed by atoms with Crippen molar-refractivity contribution in [2.24, 2.45) is 0 Å². The molecule has 146 valence electrons. The molecule has 4 rings (SSSR count). The Morgan fingerprint density at radius 2 is 2.04 bits per heavy atom. The lowest BCUT2D eigenvalue weighted by molar-refractivity contribution is 0.238. The predicted molar refractivity (Wildman–Crippen MR) is 112 cm³/mol. The number of urea groups is 1. The number of ether oxygens (including phenoxy) is 1. The molecule has 3 N–H and O–H groups in total. The Hall–Kier alpha value is -3.15. The first-order valence-corrected chi connectivity index (χ1v) is 9.72. The summed E-state index contributed by atoms with van der Waals surface area (Å²) in [5, 5.41) is 7.29. The maximum Gasteiger partial charge on any atom is 0.315 e. The fraction of sp³-hybridized carbons (Fsp3) is 0.318. The number of para-hydroxylation sites is 3. The van der Waals surface area contributed by atoms with E-state index in [9.17, 15) is 4.79 Å². The monoisotopic (exact) mass is 378 g/mol. The van der Waals surface area contributed by atoms with Gasteiger partial charge in [0.25, 0.3) is 0 Å². The molecule has 0 spiro atoms. The minimum atomic E-state index is -0.105. The highest BCUT2D eigenvalue weighted by Crippen LogP contribution is 2.30. The van der Waals surface area contributed by atoms with E-state index in [4.69, 9.17) is 4.74 Å². The van der Waals surface area contributed by atoms with Crippen LogP contribution in [0.25, 0.3) is 10.9 Å². The second-order valence-corrected chi connectivity index (χ2v) is 7.11. The molecule has 1 fully saturated rings. The van der Waals surface area contributed by atoms with Gasteiger partial charge < -0.3 is 25.3 Å². The van der Waals surface area contributed by atoms with Crippen LogP contribution in [0.5, 0.6) is 5.75 Å². The molecule has 1 aliphatic heterocycles. The number of carbonyl (C=O) groups is 1. The molecular formula is C22H26N4O2. The molecule has 3 aromatic rings. The Kier molecular flexibility index (Phi) is 5.37. The van der Waals surface area contributed by atoms with Gasteiger partial charge in [0.1, 0.15) is 5.75 Å². The molecule has 1 saturated heterocycles. The van der Waals surface area contributed by atoms with Crippen LogP contribution in [-0.2, 0) is 6.42 Å². The highest BCUT2D eigenvalue weighted by atomic mass is 16.5. The van der Waals surface area contributed by atoms with Gasteiger partial charge in [-0.2, -0.15) is 0 Å². The zero-order chi connectivity index (χ0) is 19.3. The second kappa shape index (κ2) is 8.25. The standard InChI is InChI=1S/C22H26N4O2/c1-28-21-9-5-4-8-20(21)26-13-11-17(15-26)25-22(27)23-12-10-16-14-24-19-7-3-2-6-18(16)19/h2-9,14,17,24H,10-13,15H2,1H3,(H2,23,25,27). The number of rotatable bonds is 6. The van der Waals surface area contributed by atoms with Crippen molar-refractivity contribution in [3.8, 4) is 5.75 Å². The maximum atomic E-state index is 12.3. The lowest BCUT2D eigenvalue weighted by atomic mass is 10.1.